The Bertz CT molecular complexity index is 317. The van der Waals surface area contributed by atoms with Gasteiger partial charge in [-0.3, -0.25) is 0 Å². The van der Waals surface area contributed by atoms with Crippen LogP contribution in [-0.2, 0) is 0 Å². The zero-order chi connectivity index (χ0) is 9.68. The van der Waals surface area contributed by atoms with Gasteiger partial charge in [0.25, 0.3) is 0 Å². The first-order valence-corrected chi connectivity index (χ1v) is 4.49. The van der Waals surface area contributed by atoms with E-state index in [1.54, 1.807) is 0 Å². The predicted octanol–water partition coefficient (Wildman–Crippen LogP) is 2.91. The number of hydrogen-bond acceptors (Lipinski definition) is 2. The molecule has 13 heavy (non-hydrogen) atoms. The lowest BCUT2D eigenvalue weighted by Gasteiger charge is -2.06. The van der Waals surface area contributed by atoms with Crippen molar-refractivity contribution in [3.05, 3.63) is 29.3 Å². The van der Waals surface area contributed by atoms with Crippen molar-refractivity contribution in [2.24, 2.45) is 5.92 Å². The number of hydrogen-bond donors (Lipinski definition) is 1. The summed E-state index contributed by atoms with van der Waals surface area (Å²) < 4.78 is 0. The second kappa shape index (κ2) is 4.74. The summed E-state index contributed by atoms with van der Waals surface area (Å²) in [6.45, 7) is 2.52. The van der Waals surface area contributed by atoms with Gasteiger partial charge in [-0.25, -0.2) is 0 Å². The molecule has 0 saturated heterocycles. The molecule has 1 N–H and O–H groups in total. The van der Waals surface area contributed by atoms with E-state index in [0.717, 1.165) is 5.69 Å². The number of nitrogens with zero attached hydrogens (tertiary/aromatic N) is 1. The zero-order valence-electron chi connectivity index (χ0n) is 7.42. The van der Waals surface area contributed by atoms with Gasteiger partial charge < -0.3 is 5.32 Å². The van der Waals surface area contributed by atoms with Crippen molar-refractivity contribution < 1.29 is 0 Å². The summed E-state index contributed by atoms with van der Waals surface area (Å²) >= 11 is 5.79. The fourth-order valence-electron chi connectivity index (χ4n) is 0.915. The second-order valence-corrected chi connectivity index (χ2v) is 3.36. The van der Waals surface area contributed by atoms with Crippen molar-refractivity contribution in [1.82, 2.24) is 0 Å². The molecule has 1 aromatic carbocycles. The minimum atomic E-state index is 0.0129. The topological polar surface area (TPSA) is 35.8 Å². The van der Waals surface area contributed by atoms with Gasteiger partial charge in [-0.15, -0.1) is 0 Å². The highest BCUT2D eigenvalue weighted by Crippen LogP contribution is 2.14. The maximum Gasteiger partial charge on any atom is 0.0671 e. The van der Waals surface area contributed by atoms with Gasteiger partial charge in [0, 0.05) is 17.3 Å². The van der Waals surface area contributed by atoms with Crippen molar-refractivity contribution in [3.8, 4) is 6.07 Å². The molecule has 0 bridgehead atoms. The molecule has 0 saturated carbocycles. The molecule has 1 unspecified atom stereocenters. The van der Waals surface area contributed by atoms with Crippen LogP contribution < -0.4 is 5.32 Å². The SMILES string of the molecule is CC(C#N)CNc1cccc(Cl)c1. The van der Waals surface area contributed by atoms with E-state index in [0.29, 0.717) is 11.6 Å². The summed E-state index contributed by atoms with van der Waals surface area (Å²) in [6.07, 6.45) is 0. The number of nitrogens with one attached hydrogen (secondary N) is 1. The molecule has 1 rings (SSSR count). The minimum absolute atomic E-state index is 0.0129. The fraction of sp³-hybridized carbons (Fsp3) is 0.300. The Morgan fingerprint density at radius 2 is 2.38 bits per heavy atom. The third kappa shape index (κ3) is 3.35. The van der Waals surface area contributed by atoms with E-state index in [2.05, 4.69) is 11.4 Å². The molecule has 0 radical (unpaired) electrons. The Labute approximate surface area is 83.1 Å². The van der Waals surface area contributed by atoms with Crippen LogP contribution in [0.3, 0.4) is 0 Å². The monoisotopic (exact) mass is 194 g/mol. The van der Waals surface area contributed by atoms with Crippen LogP contribution in [0, 0.1) is 17.2 Å². The minimum Gasteiger partial charge on any atom is -0.384 e. The molecule has 0 amide bonds. The van der Waals surface area contributed by atoms with Gasteiger partial charge >= 0.3 is 0 Å². The predicted molar refractivity (Wildman–Crippen MR) is 54.7 cm³/mol. The molecule has 0 aliphatic carbocycles. The van der Waals surface area contributed by atoms with E-state index < -0.39 is 0 Å². The smallest absolute Gasteiger partial charge is 0.0671 e. The van der Waals surface area contributed by atoms with Crippen LogP contribution in [0.2, 0.25) is 5.02 Å². The highest BCUT2D eigenvalue weighted by atomic mass is 35.5. The van der Waals surface area contributed by atoms with Crippen LogP contribution in [0.25, 0.3) is 0 Å². The lowest BCUT2D eigenvalue weighted by Crippen LogP contribution is -2.08. The van der Waals surface area contributed by atoms with Crippen molar-refractivity contribution in [2.75, 3.05) is 11.9 Å². The quantitative estimate of drug-likeness (QED) is 0.803. The van der Waals surface area contributed by atoms with Gasteiger partial charge in [-0.1, -0.05) is 17.7 Å². The molecule has 0 aliphatic rings. The fourth-order valence-corrected chi connectivity index (χ4v) is 1.11. The molecule has 0 aromatic heterocycles. The Morgan fingerprint density at radius 3 is 3.00 bits per heavy atom. The number of benzene rings is 1. The molecule has 1 atom stereocenters. The second-order valence-electron chi connectivity index (χ2n) is 2.92. The number of halogens is 1. The molecular formula is C10H11ClN2. The van der Waals surface area contributed by atoms with Crippen LogP contribution in [-0.4, -0.2) is 6.54 Å². The summed E-state index contributed by atoms with van der Waals surface area (Å²) in [6, 6.07) is 9.62. The van der Waals surface area contributed by atoms with Gasteiger partial charge in [0.2, 0.25) is 0 Å². The van der Waals surface area contributed by atoms with Gasteiger partial charge in [-0.2, -0.15) is 5.26 Å². The largest absolute Gasteiger partial charge is 0.384 e. The zero-order valence-corrected chi connectivity index (χ0v) is 8.17. The first kappa shape index (κ1) is 9.88. The van der Waals surface area contributed by atoms with E-state index in [-0.39, 0.29) is 5.92 Å². The molecule has 1 aromatic rings. The van der Waals surface area contributed by atoms with Gasteiger partial charge in [0.15, 0.2) is 0 Å². The van der Waals surface area contributed by atoms with E-state index in [4.69, 9.17) is 16.9 Å². The Balaban J connectivity index is 2.51. The number of anilines is 1. The average molecular weight is 195 g/mol. The Kier molecular flexibility index (Phi) is 3.60. The summed E-state index contributed by atoms with van der Waals surface area (Å²) in [4.78, 5) is 0. The summed E-state index contributed by atoms with van der Waals surface area (Å²) in [7, 11) is 0. The first-order valence-electron chi connectivity index (χ1n) is 4.11. The van der Waals surface area contributed by atoms with Crippen LogP contribution in [0.5, 0.6) is 0 Å². The third-order valence-electron chi connectivity index (χ3n) is 1.66. The van der Waals surface area contributed by atoms with Crippen molar-refractivity contribution >= 4 is 17.3 Å². The van der Waals surface area contributed by atoms with E-state index >= 15 is 0 Å². The molecular weight excluding hydrogens is 184 g/mol. The van der Waals surface area contributed by atoms with E-state index in [9.17, 15) is 0 Å². The van der Waals surface area contributed by atoms with Crippen LogP contribution in [0.4, 0.5) is 5.69 Å². The number of nitriles is 1. The summed E-state index contributed by atoms with van der Waals surface area (Å²) in [5.74, 6) is 0.0129. The standard InChI is InChI=1S/C10H11ClN2/c1-8(6-12)7-13-10-4-2-3-9(11)5-10/h2-5,8,13H,7H2,1H3. The molecule has 0 aliphatic heterocycles. The highest BCUT2D eigenvalue weighted by Gasteiger charge is 1.98. The van der Waals surface area contributed by atoms with Crippen LogP contribution in [0.1, 0.15) is 6.92 Å². The van der Waals surface area contributed by atoms with Crippen LogP contribution in [0.15, 0.2) is 24.3 Å². The van der Waals surface area contributed by atoms with Crippen LogP contribution >= 0.6 is 11.6 Å². The average Bonchev–Trinajstić information content (AvgIpc) is 2.14. The van der Waals surface area contributed by atoms with Crippen molar-refractivity contribution in [1.29, 1.82) is 5.26 Å². The van der Waals surface area contributed by atoms with E-state index in [1.165, 1.54) is 0 Å². The lowest BCUT2D eigenvalue weighted by molar-refractivity contribution is 0.786. The third-order valence-corrected chi connectivity index (χ3v) is 1.89. The Hall–Kier alpha value is -1.20. The Morgan fingerprint density at radius 1 is 1.62 bits per heavy atom. The maximum atomic E-state index is 8.55. The van der Waals surface area contributed by atoms with Gasteiger partial charge in [0.05, 0.1) is 12.0 Å². The maximum absolute atomic E-state index is 8.55. The molecule has 3 heteroatoms. The molecule has 0 heterocycles. The van der Waals surface area contributed by atoms with E-state index in [1.807, 2.05) is 31.2 Å². The van der Waals surface area contributed by atoms with Crippen molar-refractivity contribution in [3.63, 3.8) is 0 Å². The number of rotatable bonds is 3. The lowest BCUT2D eigenvalue weighted by atomic mass is 10.2. The summed E-state index contributed by atoms with van der Waals surface area (Å²) in [5, 5.41) is 12.4. The molecule has 2 nitrogen and oxygen atoms in total. The molecule has 0 spiro atoms. The molecule has 68 valence electrons. The van der Waals surface area contributed by atoms with Crippen molar-refractivity contribution in [2.45, 2.75) is 6.92 Å². The first-order chi connectivity index (χ1) is 6.22. The summed E-state index contributed by atoms with van der Waals surface area (Å²) in [5.41, 5.74) is 0.953. The normalized spacial score (nSPS) is 11.8. The van der Waals surface area contributed by atoms with Gasteiger partial charge in [-0.05, 0) is 25.1 Å². The highest BCUT2D eigenvalue weighted by molar-refractivity contribution is 6.30. The van der Waals surface area contributed by atoms with Gasteiger partial charge in [0.1, 0.15) is 0 Å². The molecule has 0 fully saturated rings.